The van der Waals surface area contributed by atoms with Crippen LogP contribution in [0.2, 0.25) is 10.0 Å². The summed E-state index contributed by atoms with van der Waals surface area (Å²) in [5, 5.41) is 16.9. The SMILES string of the molecule is COc1ccc(N2CCN([C@H](c3ccc(Cl)cc3Cl)c3sc4nc(-c5ccco5)nn4c3O)CC2)cc1. The van der Waals surface area contributed by atoms with Gasteiger partial charge in [0.15, 0.2) is 5.76 Å². The number of aromatic nitrogens is 3. The fourth-order valence-corrected chi connectivity index (χ4v) is 6.32. The van der Waals surface area contributed by atoms with Gasteiger partial charge in [-0.25, -0.2) is 0 Å². The van der Waals surface area contributed by atoms with E-state index in [0.29, 0.717) is 26.6 Å². The molecule has 190 valence electrons. The third kappa shape index (κ3) is 4.53. The first-order valence-electron chi connectivity index (χ1n) is 11.7. The zero-order valence-corrected chi connectivity index (χ0v) is 22.2. The van der Waals surface area contributed by atoms with E-state index in [1.165, 1.54) is 15.9 Å². The maximum Gasteiger partial charge on any atom is 0.230 e. The summed E-state index contributed by atoms with van der Waals surface area (Å²) < 4.78 is 12.2. The van der Waals surface area contributed by atoms with Crippen LogP contribution in [-0.4, -0.2) is 57.9 Å². The summed E-state index contributed by atoms with van der Waals surface area (Å²) in [4.78, 5) is 10.6. The molecule has 4 heterocycles. The van der Waals surface area contributed by atoms with Gasteiger partial charge in [-0.2, -0.15) is 9.50 Å². The smallest absolute Gasteiger partial charge is 0.230 e. The third-order valence-electron chi connectivity index (χ3n) is 6.56. The van der Waals surface area contributed by atoms with Crippen molar-refractivity contribution in [2.24, 2.45) is 0 Å². The molecule has 0 radical (unpaired) electrons. The van der Waals surface area contributed by atoms with Crippen LogP contribution in [0.5, 0.6) is 11.6 Å². The number of methoxy groups -OCH3 is 1. The summed E-state index contributed by atoms with van der Waals surface area (Å²) in [5.74, 6) is 1.84. The van der Waals surface area contributed by atoms with E-state index in [9.17, 15) is 5.11 Å². The van der Waals surface area contributed by atoms with E-state index in [0.717, 1.165) is 48.1 Å². The van der Waals surface area contributed by atoms with Gasteiger partial charge in [-0.3, -0.25) is 4.90 Å². The summed E-state index contributed by atoms with van der Waals surface area (Å²) in [6, 6.07) is 16.9. The molecule has 0 saturated carbocycles. The van der Waals surface area contributed by atoms with E-state index in [2.05, 4.69) is 32.0 Å². The van der Waals surface area contributed by atoms with Crippen LogP contribution in [-0.2, 0) is 0 Å². The highest BCUT2D eigenvalue weighted by atomic mass is 35.5. The van der Waals surface area contributed by atoms with Crippen LogP contribution in [0, 0.1) is 0 Å². The third-order valence-corrected chi connectivity index (χ3v) is 8.20. The van der Waals surface area contributed by atoms with Crippen LogP contribution in [0.15, 0.2) is 65.3 Å². The summed E-state index contributed by atoms with van der Waals surface area (Å²) in [6.07, 6.45) is 1.57. The average Bonchev–Trinajstić information content (AvgIpc) is 3.65. The van der Waals surface area contributed by atoms with Crippen molar-refractivity contribution in [1.82, 2.24) is 19.5 Å². The van der Waals surface area contributed by atoms with Crippen LogP contribution < -0.4 is 9.64 Å². The van der Waals surface area contributed by atoms with Crippen LogP contribution in [0.3, 0.4) is 0 Å². The Kier molecular flexibility index (Phi) is 6.46. The molecule has 2 aromatic carbocycles. The monoisotopic (exact) mass is 555 g/mol. The first-order valence-corrected chi connectivity index (χ1v) is 13.3. The van der Waals surface area contributed by atoms with Crippen molar-refractivity contribution in [3.05, 3.63) is 81.3 Å². The first kappa shape index (κ1) is 24.1. The van der Waals surface area contributed by atoms with Crippen molar-refractivity contribution in [2.45, 2.75) is 6.04 Å². The topological polar surface area (TPSA) is 79.3 Å². The van der Waals surface area contributed by atoms with Gasteiger partial charge in [0.05, 0.1) is 24.3 Å². The van der Waals surface area contributed by atoms with E-state index >= 15 is 0 Å². The zero-order chi connectivity index (χ0) is 25.5. The average molecular weight is 556 g/mol. The predicted octanol–water partition coefficient (Wildman–Crippen LogP) is 5.98. The normalized spacial score (nSPS) is 15.4. The minimum Gasteiger partial charge on any atom is -0.497 e. The van der Waals surface area contributed by atoms with Crippen LogP contribution in [0.4, 0.5) is 5.69 Å². The van der Waals surface area contributed by atoms with Gasteiger partial charge < -0.3 is 19.2 Å². The lowest BCUT2D eigenvalue weighted by molar-refractivity contribution is 0.211. The van der Waals surface area contributed by atoms with Crippen molar-refractivity contribution < 1.29 is 14.3 Å². The Balaban J connectivity index is 1.33. The van der Waals surface area contributed by atoms with E-state index < -0.39 is 0 Å². The molecule has 1 saturated heterocycles. The van der Waals surface area contributed by atoms with Crippen molar-refractivity contribution in [3.8, 4) is 23.2 Å². The number of furan rings is 1. The van der Waals surface area contributed by atoms with Gasteiger partial charge in [0, 0.05) is 41.9 Å². The largest absolute Gasteiger partial charge is 0.497 e. The molecule has 0 aliphatic carbocycles. The van der Waals surface area contributed by atoms with Crippen LogP contribution in [0.25, 0.3) is 16.5 Å². The Morgan fingerprint density at radius 3 is 2.49 bits per heavy atom. The molecule has 6 rings (SSSR count). The highest BCUT2D eigenvalue weighted by Gasteiger charge is 2.33. The molecule has 1 aliphatic heterocycles. The number of thiazole rings is 1. The number of ether oxygens (including phenoxy) is 1. The number of piperazine rings is 1. The number of anilines is 1. The molecule has 1 atom stereocenters. The Hall–Kier alpha value is -3.24. The fraction of sp³-hybridized carbons (Fsp3) is 0.231. The van der Waals surface area contributed by atoms with Crippen LogP contribution >= 0.6 is 34.5 Å². The number of nitrogens with zero attached hydrogens (tertiary/aromatic N) is 5. The van der Waals surface area contributed by atoms with Crippen molar-refractivity contribution in [2.75, 3.05) is 38.2 Å². The van der Waals surface area contributed by atoms with Crippen LogP contribution in [0.1, 0.15) is 16.5 Å². The molecular formula is C26H23Cl2N5O3S. The molecule has 1 N–H and O–H groups in total. The Bertz CT molecular complexity index is 1530. The molecule has 0 amide bonds. The molecule has 0 bridgehead atoms. The van der Waals surface area contributed by atoms with Crippen molar-refractivity contribution >= 4 is 45.2 Å². The highest BCUT2D eigenvalue weighted by Crippen LogP contribution is 2.43. The van der Waals surface area contributed by atoms with Gasteiger partial charge in [0.25, 0.3) is 0 Å². The molecule has 0 unspecified atom stereocenters. The number of aromatic hydroxyl groups is 1. The molecular weight excluding hydrogens is 533 g/mol. The standard InChI is InChI=1S/C26H23Cl2N5O3S/c1-35-18-7-5-17(6-8-18)31-10-12-32(13-11-31)22(19-9-4-16(27)15-20(19)28)23-25(34)33-26(37-23)29-24(30-33)21-3-2-14-36-21/h2-9,14-15,22,34H,10-13H2,1H3/t22-/m1/s1. The molecule has 0 spiro atoms. The van der Waals surface area contributed by atoms with E-state index in [1.54, 1.807) is 31.6 Å². The quantitative estimate of drug-likeness (QED) is 0.276. The van der Waals surface area contributed by atoms with Crippen molar-refractivity contribution in [1.29, 1.82) is 0 Å². The van der Waals surface area contributed by atoms with E-state index in [4.69, 9.17) is 32.4 Å². The van der Waals surface area contributed by atoms with E-state index in [-0.39, 0.29) is 11.9 Å². The maximum absolute atomic E-state index is 11.3. The molecule has 11 heteroatoms. The predicted molar refractivity (Wildman–Crippen MR) is 145 cm³/mol. The summed E-state index contributed by atoms with van der Waals surface area (Å²) >= 11 is 14.3. The second-order valence-electron chi connectivity index (χ2n) is 8.69. The lowest BCUT2D eigenvalue weighted by atomic mass is 10.0. The van der Waals surface area contributed by atoms with E-state index in [1.807, 2.05) is 24.3 Å². The minimum atomic E-state index is -0.289. The molecule has 3 aromatic heterocycles. The summed E-state index contributed by atoms with van der Waals surface area (Å²) in [6.45, 7) is 3.16. The second-order valence-corrected chi connectivity index (χ2v) is 10.5. The summed E-state index contributed by atoms with van der Waals surface area (Å²) in [7, 11) is 1.67. The zero-order valence-electron chi connectivity index (χ0n) is 19.8. The van der Waals surface area contributed by atoms with Crippen molar-refractivity contribution in [3.63, 3.8) is 0 Å². The molecule has 8 nitrogen and oxygen atoms in total. The Morgan fingerprint density at radius 2 is 1.84 bits per heavy atom. The number of hydrogen-bond acceptors (Lipinski definition) is 8. The molecule has 5 aromatic rings. The van der Waals surface area contributed by atoms with Gasteiger partial charge >= 0.3 is 0 Å². The maximum atomic E-state index is 11.3. The Morgan fingerprint density at radius 1 is 1.05 bits per heavy atom. The Labute approximate surface area is 227 Å². The number of benzene rings is 2. The summed E-state index contributed by atoms with van der Waals surface area (Å²) in [5.41, 5.74) is 2.02. The number of hydrogen-bond donors (Lipinski definition) is 1. The molecule has 37 heavy (non-hydrogen) atoms. The lowest BCUT2D eigenvalue weighted by Crippen LogP contribution is -2.47. The molecule has 1 aliphatic rings. The number of fused-ring (bicyclic) bond motifs is 1. The molecule has 1 fully saturated rings. The van der Waals surface area contributed by atoms with Gasteiger partial charge in [-0.1, -0.05) is 40.6 Å². The second kappa shape index (κ2) is 9.90. The number of rotatable bonds is 6. The fourth-order valence-electron chi connectivity index (χ4n) is 4.70. The lowest BCUT2D eigenvalue weighted by Gasteiger charge is -2.40. The minimum absolute atomic E-state index is 0.0407. The van der Waals surface area contributed by atoms with Gasteiger partial charge in [0.2, 0.25) is 16.7 Å². The van der Waals surface area contributed by atoms with Gasteiger partial charge in [-0.05, 0) is 54.1 Å². The van der Waals surface area contributed by atoms with Gasteiger partial charge in [0.1, 0.15) is 5.75 Å². The first-order chi connectivity index (χ1) is 18.0. The number of halogens is 2. The highest BCUT2D eigenvalue weighted by molar-refractivity contribution is 7.17. The van der Waals surface area contributed by atoms with Gasteiger partial charge in [-0.15, -0.1) is 5.10 Å².